The van der Waals surface area contributed by atoms with Gasteiger partial charge in [0.2, 0.25) is 0 Å². The van der Waals surface area contributed by atoms with Crippen LogP contribution in [0.5, 0.6) is 5.75 Å². The van der Waals surface area contributed by atoms with Crippen LogP contribution in [0.3, 0.4) is 0 Å². The Morgan fingerprint density at radius 2 is 2.00 bits per heavy atom. The Balaban J connectivity index is 1.82. The van der Waals surface area contributed by atoms with Crippen molar-refractivity contribution >= 4 is 38.0 Å². The average Bonchev–Trinajstić information content (AvgIpc) is 3.34. The van der Waals surface area contributed by atoms with E-state index in [1.165, 1.54) is 45.0 Å². The van der Waals surface area contributed by atoms with Crippen molar-refractivity contribution in [1.82, 2.24) is 8.69 Å². The van der Waals surface area contributed by atoms with Gasteiger partial charge in [0, 0.05) is 23.2 Å². The summed E-state index contributed by atoms with van der Waals surface area (Å²) in [6.07, 6.45) is 1.24. The summed E-state index contributed by atoms with van der Waals surface area (Å²) in [5.74, 6) is 1.58. The van der Waals surface area contributed by atoms with E-state index in [1.807, 2.05) is 18.5 Å². The number of rotatable bonds is 4. The van der Waals surface area contributed by atoms with Crippen molar-refractivity contribution in [3.63, 3.8) is 0 Å². The summed E-state index contributed by atoms with van der Waals surface area (Å²) in [5, 5.41) is 2.76. The van der Waals surface area contributed by atoms with E-state index >= 15 is 0 Å². The van der Waals surface area contributed by atoms with Crippen molar-refractivity contribution in [2.24, 2.45) is 0 Å². The molecule has 1 saturated heterocycles. The summed E-state index contributed by atoms with van der Waals surface area (Å²) in [6, 6.07) is 15.4. The van der Waals surface area contributed by atoms with Crippen LogP contribution in [0.1, 0.15) is 31.7 Å². The number of benzene rings is 2. The van der Waals surface area contributed by atoms with Crippen LogP contribution in [0.4, 0.5) is 0 Å². The highest BCUT2D eigenvalue weighted by Crippen LogP contribution is 2.43. The summed E-state index contributed by atoms with van der Waals surface area (Å²) in [6.45, 7) is 8.52. The molecule has 0 saturated carbocycles. The molecule has 0 spiro atoms. The third kappa shape index (κ3) is 2.36. The van der Waals surface area contributed by atoms with E-state index in [0.29, 0.717) is 12.5 Å². The van der Waals surface area contributed by atoms with Gasteiger partial charge in [-0.25, -0.2) is 0 Å². The van der Waals surface area contributed by atoms with Gasteiger partial charge in [0.15, 0.2) is 0 Å². The molecule has 4 aromatic rings. The number of nitrogens with zero attached hydrogens (tertiary/aromatic N) is 2. The van der Waals surface area contributed by atoms with Crippen molar-refractivity contribution < 1.29 is 4.74 Å². The van der Waals surface area contributed by atoms with E-state index in [1.54, 1.807) is 0 Å². The zero-order valence-corrected chi connectivity index (χ0v) is 16.2. The molecule has 0 aliphatic carbocycles. The highest BCUT2D eigenvalue weighted by atomic mass is 32.1. The van der Waals surface area contributed by atoms with E-state index in [4.69, 9.17) is 4.74 Å². The lowest BCUT2D eigenvalue weighted by molar-refractivity contribution is 0.340. The molecule has 2 aromatic carbocycles. The number of likely N-dealkylation sites (N-methyl/N-ethyl adjacent to an activating group) is 1. The molecule has 2 aromatic heterocycles. The maximum Gasteiger partial charge on any atom is 0.120 e. The molecule has 134 valence electrons. The fourth-order valence-corrected chi connectivity index (χ4v) is 5.62. The van der Waals surface area contributed by atoms with Crippen molar-refractivity contribution in [3.8, 4) is 5.75 Å². The highest BCUT2D eigenvalue weighted by Gasteiger charge is 2.29. The molecule has 1 aliphatic rings. The topological polar surface area (TPSA) is 16.9 Å². The van der Waals surface area contributed by atoms with Gasteiger partial charge < -0.3 is 9.64 Å². The fourth-order valence-electron chi connectivity index (χ4n) is 4.48. The molecule has 4 heteroatoms. The number of fused-ring (bicyclic) bond motifs is 5. The van der Waals surface area contributed by atoms with Crippen LogP contribution in [0, 0.1) is 0 Å². The zero-order chi connectivity index (χ0) is 17.7. The normalized spacial score (nSPS) is 18.5. The Morgan fingerprint density at radius 1 is 1.12 bits per heavy atom. The van der Waals surface area contributed by atoms with Gasteiger partial charge in [-0.2, -0.15) is 0 Å². The first-order chi connectivity index (χ1) is 12.8. The molecule has 5 rings (SSSR count). The van der Waals surface area contributed by atoms with Crippen LogP contribution in [0.25, 0.3) is 26.5 Å². The summed E-state index contributed by atoms with van der Waals surface area (Å²) >= 11 is 1.86. The predicted octanol–water partition coefficient (Wildman–Crippen LogP) is 5.52. The Kier molecular flexibility index (Phi) is 3.91. The maximum atomic E-state index is 5.82. The van der Waals surface area contributed by atoms with Gasteiger partial charge in [-0.3, -0.25) is 3.79 Å². The highest BCUT2D eigenvalue weighted by molar-refractivity contribution is 7.14. The maximum absolute atomic E-state index is 5.82. The number of hydrogen-bond donors (Lipinski definition) is 0. The molecule has 3 heterocycles. The van der Waals surface area contributed by atoms with Crippen LogP contribution in [-0.4, -0.2) is 34.9 Å². The van der Waals surface area contributed by atoms with E-state index in [9.17, 15) is 0 Å². The first-order valence-corrected chi connectivity index (χ1v) is 10.4. The zero-order valence-electron chi connectivity index (χ0n) is 15.4. The molecule has 26 heavy (non-hydrogen) atoms. The third-order valence-electron chi connectivity index (χ3n) is 5.71. The van der Waals surface area contributed by atoms with Gasteiger partial charge in [0.1, 0.15) is 5.75 Å². The standard InChI is InChI=1S/C22H24N2OS/c1-3-23-12-11-15(14-23)21-18-13-16(25-4-2)9-10-19(18)24-22(21)17-7-5-6-8-20(17)26-24/h5-10,13,15H,3-4,11-12,14H2,1-2H3. The van der Waals surface area contributed by atoms with Crippen molar-refractivity contribution in [3.05, 3.63) is 48.0 Å². The number of aromatic nitrogens is 1. The summed E-state index contributed by atoms with van der Waals surface area (Å²) < 4.78 is 9.63. The van der Waals surface area contributed by atoms with Crippen molar-refractivity contribution in [2.75, 3.05) is 26.2 Å². The van der Waals surface area contributed by atoms with Gasteiger partial charge in [0.25, 0.3) is 0 Å². The molecule has 0 radical (unpaired) electrons. The minimum Gasteiger partial charge on any atom is -0.494 e. The first kappa shape index (κ1) is 16.2. The van der Waals surface area contributed by atoms with Crippen LogP contribution in [0.2, 0.25) is 0 Å². The van der Waals surface area contributed by atoms with Gasteiger partial charge in [-0.05, 0) is 56.3 Å². The van der Waals surface area contributed by atoms with Crippen molar-refractivity contribution in [1.29, 1.82) is 0 Å². The molecule has 0 bridgehead atoms. The van der Waals surface area contributed by atoms with E-state index < -0.39 is 0 Å². The second-order valence-corrected chi connectivity index (χ2v) is 8.12. The number of likely N-dealkylation sites (tertiary alicyclic amines) is 1. The van der Waals surface area contributed by atoms with E-state index in [-0.39, 0.29) is 0 Å². The van der Waals surface area contributed by atoms with Gasteiger partial charge in [-0.1, -0.05) is 36.7 Å². The van der Waals surface area contributed by atoms with Crippen LogP contribution < -0.4 is 4.74 Å². The largest absolute Gasteiger partial charge is 0.494 e. The van der Waals surface area contributed by atoms with Crippen molar-refractivity contribution in [2.45, 2.75) is 26.2 Å². The summed E-state index contributed by atoms with van der Waals surface area (Å²) in [7, 11) is 0. The summed E-state index contributed by atoms with van der Waals surface area (Å²) in [5.41, 5.74) is 4.25. The molecule has 1 unspecified atom stereocenters. The SMILES string of the molecule is CCOc1ccc2c(c1)c(C1CCN(CC)C1)c1c3ccccc3sn21. The minimum absolute atomic E-state index is 0.595. The molecular formula is C22H24N2OS. The lowest BCUT2D eigenvalue weighted by Gasteiger charge is -2.13. The van der Waals surface area contributed by atoms with E-state index in [0.717, 1.165) is 18.8 Å². The molecule has 0 N–H and O–H groups in total. The lowest BCUT2D eigenvalue weighted by Crippen LogP contribution is -2.19. The van der Waals surface area contributed by atoms with Crippen LogP contribution in [0.15, 0.2) is 42.5 Å². The molecular weight excluding hydrogens is 340 g/mol. The molecule has 1 aliphatic heterocycles. The lowest BCUT2D eigenvalue weighted by atomic mass is 9.95. The minimum atomic E-state index is 0.595. The number of ether oxygens (including phenoxy) is 1. The van der Waals surface area contributed by atoms with Gasteiger partial charge >= 0.3 is 0 Å². The predicted molar refractivity (Wildman–Crippen MR) is 111 cm³/mol. The average molecular weight is 365 g/mol. The van der Waals surface area contributed by atoms with Gasteiger partial charge in [-0.15, -0.1) is 0 Å². The quantitative estimate of drug-likeness (QED) is 0.474. The number of hydrogen-bond acceptors (Lipinski definition) is 3. The molecule has 1 fully saturated rings. The van der Waals surface area contributed by atoms with Gasteiger partial charge in [0.05, 0.1) is 22.3 Å². The first-order valence-electron chi connectivity index (χ1n) is 9.61. The summed E-state index contributed by atoms with van der Waals surface area (Å²) in [4.78, 5) is 2.57. The van der Waals surface area contributed by atoms with E-state index in [2.05, 4.69) is 58.1 Å². The second kappa shape index (κ2) is 6.29. The Morgan fingerprint density at radius 3 is 2.81 bits per heavy atom. The smallest absolute Gasteiger partial charge is 0.120 e. The Hall–Kier alpha value is -2.04. The second-order valence-electron chi connectivity index (χ2n) is 7.13. The third-order valence-corrected chi connectivity index (χ3v) is 6.82. The Labute approximate surface area is 157 Å². The molecule has 1 atom stereocenters. The van der Waals surface area contributed by atoms with Crippen LogP contribution >= 0.6 is 11.5 Å². The van der Waals surface area contributed by atoms with Crippen LogP contribution in [-0.2, 0) is 0 Å². The fraction of sp³-hybridized carbons (Fsp3) is 0.364. The Bertz CT molecular complexity index is 1090. The monoisotopic (exact) mass is 364 g/mol. The molecule has 3 nitrogen and oxygen atoms in total. The molecule has 0 amide bonds.